The highest BCUT2D eigenvalue weighted by Crippen LogP contribution is 2.24. The number of furan rings is 1. The van der Waals surface area contributed by atoms with Crippen molar-refractivity contribution in [1.82, 2.24) is 10.2 Å². The summed E-state index contributed by atoms with van der Waals surface area (Å²) in [7, 11) is 0. The molecule has 3 rings (SSSR count). The minimum Gasteiger partial charge on any atom is -0.456 e. The van der Waals surface area contributed by atoms with E-state index in [2.05, 4.69) is 5.32 Å². The van der Waals surface area contributed by atoms with E-state index >= 15 is 0 Å². The second kappa shape index (κ2) is 3.10. The first-order valence-corrected chi connectivity index (χ1v) is 5.33. The van der Waals surface area contributed by atoms with Gasteiger partial charge >= 0.3 is 0 Å². The second-order valence-corrected chi connectivity index (χ2v) is 4.40. The van der Waals surface area contributed by atoms with Crippen molar-refractivity contribution in [2.24, 2.45) is 5.92 Å². The number of carbonyl (C=O) groups excluding carboxylic acids is 1. The van der Waals surface area contributed by atoms with Crippen LogP contribution in [0.2, 0.25) is 0 Å². The lowest BCUT2D eigenvalue weighted by Crippen LogP contribution is -2.51. The van der Waals surface area contributed by atoms with Gasteiger partial charge in [-0.25, -0.2) is 0 Å². The maximum absolute atomic E-state index is 12.0. The lowest BCUT2D eigenvalue weighted by molar-refractivity contribution is 0.0756. The Morgan fingerprint density at radius 1 is 1.53 bits per heavy atom. The van der Waals surface area contributed by atoms with Crippen LogP contribution < -0.4 is 5.32 Å². The standard InChI is InChI=1S/C11H14N2O2/c1-7-2-3-10(15-7)11(14)13-5-8-4-12-9(8)6-13/h2-3,8-9,12H,4-6H2,1H3. The summed E-state index contributed by atoms with van der Waals surface area (Å²) in [5.41, 5.74) is 0. The quantitative estimate of drug-likeness (QED) is 0.733. The van der Waals surface area contributed by atoms with Gasteiger partial charge in [-0.3, -0.25) is 4.79 Å². The van der Waals surface area contributed by atoms with E-state index in [-0.39, 0.29) is 5.91 Å². The number of nitrogens with zero attached hydrogens (tertiary/aromatic N) is 1. The summed E-state index contributed by atoms with van der Waals surface area (Å²) in [6.07, 6.45) is 0. The molecule has 15 heavy (non-hydrogen) atoms. The average molecular weight is 206 g/mol. The lowest BCUT2D eigenvalue weighted by Gasteiger charge is -2.29. The van der Waals surface area contributed by atoms with E-state index in [0.717, 1.165) is 25.4 Å². The first-order chi connectivity index (χ1) is 7.24. The molecule has 2 saturated heterocycles. The molecule has 3 heterocycles. The topological polar surface area (TPSA) is 45.5 Å². The first-order valence-electron chi connectivity index (χ1n) is 5.33. The number of hydrogen-bond donors (Lipinski definition) is 1. The van der Waals surface area contributed by atoms with Crippen molar-refractivity contribution in [2.45, 2.75) is 13.0 Å². The third kappa shape index (κ3) is 1.36. The van der Waals surface area contributed by atoms with Crippen LogP contribution in [-0.4, -0.2) is 36.5 Å². The summed E-state index contributed by atoms with van der Waals surface area (Å²) in [5, 5.41) is 3.32. The Labute approximate surface area is 88.2 Å². The molecule has 2 aliphatic heterocycles. The maximum Gasteiger partial charge on any atom is 0.289 e. The summed E-state index contributed by atoms with van der Waals surface area (Å²) in [5.74, 6) is 1.94. The van der Waals surface area contributed by atoms with Gasteiger partial charge in [0.1, 0.15) is 5.76 Å². The molecule has 2 fully saturated rings. The second-order valence-electron chi connectivity index (χ2n) is 4.40. The highest BCUT2D eigenvalue weighted by atomic mass is 16.3. The molecule has 2 unspecified atom stereocenters. The molecule has 0 aliphatic carbocycles. The Kier molecular flexibility index (Phi) is 1.85. The van der Waals surface area contributed by atoms with Crippen molar-refractivity contribution >= 4 is 5.91 Å². The molecule has 4 heteroatoms. The van der Waals surface area contributed by atoms with Crippen LogP contribution in [0.25, 0.3) is 0 Å². The van der Waals surface area contributed by atoms with Gasteiger partial charge in [0, 0.05) is 31.6 Å². The molecule has 0 bridgehead atoms. The zero-order valence-electron chi connectivity index (χ0n) is 8.69. The SMILES string of the molecule is Cc1ccc(C(=O)N2CC3CNC3C2)o1. The van der Waals surface area contributed by atoms with Crippen LogP contribution in [-0.2, 0) is 0 Å². The number of nitrogens with one attached hydrogen (secondary N) is 1. The summed E-state index contributed by atoms with van der Waals surface area (Å²) in [6.45, 7) is 4.59. The number of rotatable bonds is 1. The summed E-state index contributed by atoms with van der Waals surface area (Å²) in [4.78, 5) is 13.9. The lowest BCUT2D eigenvalue weighted by atomic mass is 9.96. The van der Waals surface area contributed by atoms with Gasteiger partial charge in [0.05, 0.1) is 0 Å². The number of likely N-dealkylation sites (tertiary alicyclic amines) is 1. The van der Waals surface area contributed by atoms with E-state index < -0.39 is 0 Å². The molecule has 4 nitrogen and oxygen atoms in total. The summed E-state index contributed by atoms with van der Waals surface area (Å²) < 4.78 is 5.34. The third-order valence-electron chi connectivity index (χ3n) is 3.32. The highest BCUT2D eigenvalue weighted by Gasteiger charge is 2.41. The number of aryl methyl sites for hydroxylation is 1. The van der Waals surface area contributed by atoms with Crippen LogP contribution in [0.1, 0.15) is 16.3 Å². The van der Waals surface area contributed by atoms with Crippen molar-refractivity contribution in [3.8, 4) is 0 Å². The van der Waals surface area contributed by atoms with Gasteiger partial charge in [0.25, 0.3) is 5.91 Å². The zero-order chi connectivity index (χ0) is 10.4. The summed E-state index contributed by atoms with van der Waals surface area (Å²) in [6, 6.07) is 4.10. The average Bonchev–Trinajstić information content (AvgIpc) is 2.72. The fourth-order valence-corrected chi connectivity index (χ4v) is 2.32. The van der Waals surface area contributed by atoms with E-state index in [1.54, 1.807) is 6.07 Å². The van der Waals surface area contributed by atoms with Crippen LogP contribution in [0.3, 0.4) is 0 Å². The van der Waals surface area contributed by atoms with E-state index in [0.29, 0.717) is 17.7 Å². The molecule has 1 aromatic heterocycles. The van der Waals surface area contributed by atoms with Crippen LogP contribution in [0.4, 0.5) is 0 Å². The highest BCUT2D eigenvalue weighted by molar-refractivity contribution is 5.91. The molecule has 1 N–H and O–H groups in total. The van der Waals surface area contributed by atoms with Crippen molar-refractivity contribution in [3.63, 3.8) is 0 Å². The molecule has 0 radical (unpaired) electrons. The molecular formula is C11H14N2O2. The van der Waals surface area contributed by atoms with Crippen LogP contribution in [0.15, 0.2) is 16.5 Å². The smallest absolute Gasteiger partial charge is 0.289 e. The van der Waals surface area contributed by atoms with Gasteiger partial charge in [0.15, 0.2) is 5.76 Å². The molecule has 2 aliphatic rings. The van der Waals surface area contributed by atoms with Crippen molar-refractivity contribution < 1.29 is 9.21 Å². The number of hydrogen-bond acceptors (Lipinski definition) is 3. The number of carbonyl (C=O) groups is 1. The predicted molar refractivity (Wildman–Crippen MR) is 54.6 cm³/mol. The van der Waals surface area contributed by atoms with Gasteiger partial charge in [-0.2, -0.15) is 0 Å². The Balaban J connectivity index is 1.75. The van der Waals surface area contributed by atoms with Gasteiger partial charge in [0.2, 0.25) is 0 Å². The summed E-state index contributed by atoms with van der Waals surface area (Å²) >= 11 is 0. The maximum atomic E-state index is 12.0. The Morgan fingerprint density at radius 2 is 2.40 bits per heavy atom. The zero-order valence-corrected chi connectivity index (χ0v) is 8.69. The molecule has 2 atom stereocenters. The van der Waals surface area contributed by atoms with Crippen molar-refractivity contribution in [3.05, 3.63) is 23.7 Å². The molecule has 0 saturated carbocycles. The fraction of sp³-hybridized carbons (Fsp3) is 0.545. The Morgan fingerprint density at radius 3 is 2.87 bits per heavy atom. The molecule has 80 valence electrons. The van der Waals surface area contributed by atoms with E-state index in [9.17, 15) is 4.79 Å². The molecular weight excluding hydrogens is 192 g/mol. The van der Waals surface area contributed by atoms with Gasteiger partial charge in [-0.15, -0.1) is 0 Å². The van der Waals surface area contributed by atoms with Crippen LogP contribution in [0, 0.1) is 12.8 Å². The van der Waals surface area contributed by atoms with Crippen LogP contribution in [0.5, 0.6) is 0 Å². The van der Waals surface area contributed by atoms with Gasteiger partial charge < -0.3 is 14.6 Å². The number of fused-ring (bicyclic) bond motifs is 1. The minimum absolute atomic E-state index is 0.0271. The minimum atomic E-state index is 0.0271. The molecule has 1 amide bonds. The van der Waals surface area contributed by atoms with E-state index in [1.165, 1.54) is 0 Å². The third-order valence-corrected chi connectivity index (χ3v) is 3.32. The van der Waals surface area contributed by atoms with Gasteiger partial charge in [-0.1, -0.05) is 0 Å². The van der Waals surface area contributed by atoms with Crippen molar-refractivity contribution in [1.29, 1.82) is 0 Å². The van der Waals surface area contributed by atoms with Gasteiger partial charge in [-0.05, 0) is 19.1 Å². The van der Waals surface area contributed by atoms with E-state index in [1.807, 2.05) is 17.9 Å². The molecule has 0 spiro atoms. The fourth-order valence-electron chi connectivity index (χ4n) is 2.32. The van der Waals surface area contributed by atoms with E-state index in [4.69, 9.17) is 4.42 Å². The monoisotopic (exact) mass is 206 g/mol. The first kappa shape index (κ1) is 8.97. The normalized spacial score (nSPS) is 28.7. The van der Waals surface area contributed by atoms with Crippen molar-refractivity contribution in [2.75, 3.05) is 19.6 Å². The molecule has 0 aromatic carbocycles. The Hall–Kier alpha value is -1.29. The Bertz CT molecular complexity index is 387. The largest absolute Gasteiger partial charge is 0.456 e. The van der Waals surface area contributed by atoms with Crippen LogP contribution >= 0.6 is 0 Å². The molecule has 1 aromatic rings. The number of amides is 1. The predicted octanol–water partition coefficient (Wildman–Crippen LogP) is 0.632.